The standard InChI is InChI=1S/C12H8F14O/c1-2-5-3-4-6(13,14)7(5,15)27-12(25,26)10(20,21)8(16,17)9(18,19)11(22,23)24/h4-5H,1-3H2. The van der Waals surface area contributed by atoms with E-state index in [2.05, 4.69) is 11.7 Å². The fourth-order valence-corrected chi connectivity index (χ4v) is 2.12. The van der Waals surface area contributed by atoms with E-state index in [1.54, 1.807) is 0 Å². The second kappa shape index (κ2) is 6.24. The molecule has 0 heterocycles. The van der Waals surface area contributed by atoms with Crippen LogP contribution in [-0.4, -0.2) is 41.8 Å². The number of rotatable bonds is 6. The molecule has 1 aliphatic carbocycles. The van der Waals surface area contributed by atoms with Gasteiger partial charge < -0.3 is 0 Å². The summed E-state index contributed by atoms with van der Waals surface area (Å²) >= 11 is 0. The second-order valence-electron chi connectivity index (χ2n) is 5.53. The number of alkyl halides is 14. The van der Waals surface area contributed by atoms with Crippen LogP contribution in [0.25, 0.3) is 0 Å². The average molecular weight is 434 g/mol. The van der Waals surface area contributed by atoms with Gasteiger partial charge >= 0.3 is 36.0 Å². The third-order valence-corrected chi connectivity index (χ3v) is 3.77. The van der Waals surface area contributed by atoms with Crippen LogP contribution >= 0.6 is 0 Å². The second-order valence-corrected chi connectivity index (χ2v) is 5.53. The van der Waals surface area contributed by atoms with Gasteiger partial charge in [0.1, 0.15) is 0 Å². The largest absolute Gasteiger partial charge is 0.460 e. The Balaban J connectivity index is 3.40. The topological polar surface area (TPSA) is 9.23 Å². The number of hydrogen-bond donors (Lipinski definition) is 0. The first kappa shape index (κ1) is 24.0. The van der Waals surface area contributed by atoms with E-state index in [1.165, 1.54) is 0 Å². The van der Waals surface area contributed by atoms with Crippen molar-refractivity contribution in [2.75, 3.05) is 0 Å². The molecule has 2 atom stereocenters. The summed E-state index contributed by atoms with van der Waals surface area (Å²) in [6, 6.07) is 0. The molecule has 0 aromatic rings. The maximum absolute atomic E-state index is 14.2. The van der Waals surface area contributed by atoms with E-state index >= 15 is 0 Å². The van der Waals surface area contributed by atoms with Crippen molar-refractivity contribution in [2.45, 2.75) is 54.7 Å². The fourth-order valence-electron chi connectivity index (χ4n) is 2.12. The van der Waals surface area contributed by atoms with Gasteiger partial charge in [-0.05, 0) is 12.8 Å². The predicted octanol–water partition coefficient (Wildman–Crippen LogP) is 5.81. The molecule has 2 radical (unpaired) electrons. The van der Waals surface area contributed by atoms with Crippen LogP contribution in [0, 0.1) is 19.3 Å². The Hall–Kier alpha value is -1.02. The van der Waals surface area contributed by atoms with Crippen LogP contribution in [0.4, 0.5) is 61.5 Å². The summed E-state index contributed by atoms with van der Waals surface area (Å²) in [6.07, 6.45) is -17.1. The van der Waals surface area contributed by atoms with Crippen LogP contribution in [0.1, 0.15) is 12.8 Å². The molecule has 15 heteroatoms. The van der Waals surface area contributed by atoms with Crippen LogP contribution in [0.15, 0.2) is 0 Å². The minimum atomic E-state index is -7.89. The third kappa shape index (κ3) is 3.22. The molecule has 0 spiro atoms. The van der Waals surface area contributed by atoms with E-state index in [1.807, 2.05) is 0 Å². The molecular formula is C12H8F14O. The van der Waals surface area contributed by atoms with E-state index in [-0.39, 0.29) is 6.42 Å². The molecule has 2 unspecified atom stereocenters. The summed E-state index contributed by atoms with van der Waals surface area (Å²) in [4.78, 5) is 0. The fraction of sp³-hybridized carbons (Fsp3) is 0.833. The lowest BCUT2D eigenvalue weighted by atomic mass is 9.98. The smallest absolute Gasteiger partial charge is 0.272 e. The minimum absolute atomic E-state index is 0.348. The molecule has 27 heavy (non-hydrogen) atoms. The maximum atomic E-state index is 14.2. The number of hydrogen-bond acceptors (Lipinski definition) is 1. The molecule has 1 rings (SSSR count). The van der Waals surface area contributed by atoms with E-state index < -0.39 is 60.6 Å². The lowest BCUT2D eigenvalue weighted by molar-refractivity contribution is -0.488. The van der Waals surface area contributed by atoms with Crippen molar-refractivity contribution in [1.82, 2.24) is 0 Å². The van der Waals surface area contributed by atoms with Crippen molar-refractivity contribution in [2.24, 2.45) is 5.92 Å². The number of halogens is 14. The first-order chi connectivity index (χ1) is 11.6. The van der Waals surface area contributed by atoms with Crippen molar-refractivity contribution in [1.29, 1.82) is 0 Å². The Labute approximate surface area is 141 Å². The summed E-state index contributed by atoms with van der Waals surface area (Å²) in [5, 5.41) is 0. The first-order valence-electron chi connectivity index (χ1n) is 6.61. The van der Waals surface area contributed by atoms with Gasteiger partial charge in [-0.25, -0.2) is 4.39 Å². The lowest BCUT2D eigenvalue weighted by Crippen LogP contribution is -2.68. The molecule has 0 bridgehead atoms. The predicted molar refractivity (Wildman–Crippen MR) is 58.1 cm³/mol. The van der Waals surface area contributed by atoms with Crippen molar-refractivity contribution >= 4 is 0 Å². The van der Waals surface area contributed by atoms with Crippen LogP contribution in [0.2, 0.25) is 0 Å². The zero-order chi connectivity index (χ0) is 21.9. The normalized spacial score (nSPS) is 27.9. The van der Waals surface area contributed by atoms with Crippen molar-refractivity contribution in [3.8, 4) is 0 Å². The Morgan fingerprint density at radius 3 is 1.63 bits per heavy atom. The molecule has 1 nitrogen and oxygen atoms in total. The molecule has 0 saturated heterocycles. The van der Waals surface area contributed by atoms with Gasteiger partial charge in [0.05, 0.1) is 0 Å². The van der Waals surface area contributed by atoms with Crippen molar-refractivity contribution in [3.05, 3.63) is 13.3 Å². The monoisotopic (exact) mass is 434 g/mol. The minimum Gasteiger partial charge on any atom is -0.272 e. The van der Waals surface area contributed by atoms with Gasteiger partial charge in [0, 0.05) is 12.3 Å². The van der Waals surface area contributed by atoms with Gasteiger partial charge in [-0.1, -0.05) is 6.92 Å². The van der Waals surface area contributed by atoms with Gasteiger partial charge in [0.2, 0.25) is 0 Å². The highest BCUT2D eigenvalue weighted by atomic mass is 19.4. The van der Waals surface area contributed by atoms with E-state index in [0.29, 0.717) is 0 Å². The van der Waals surface area contributed by atoms with E-state index in [4.69, 9.17) is 0 Å². The number of ether oxygens (including phenoxy) is 1. The average Bonchev–Trinajstić information content (AvgIpc) is 2.66. The maximum Gasteiger partial charge on any atom is 0.460 e. The van der Waals surface area contributed by atoms with Crippen LogP contribution in [-0.2, 0) is 4.74 Å². The van der Waals surface area contributed by atoms with Gasteiger partial charge in [0.25, 0.3) is 5.85 Å². The zero-order valence-electron chi connectivity index (χ0n) is 12.5. The highest BCUT2D eigenvalue weighted by molar-refractivity contribution is 5.11. The SMILES string of the molecule is [CH2]CC1C[CH]C(F)(F)C1(F)OC(F)(F)C(F)(F)C(F)(F)C(F)(F)C(F)(F)F. The van der Waals surface area contributed by atoms with Crippen LogP contribution in [0.5, 0.6) is 0 Å². The Bertz CT molecular complexity index is 553. The van der Waals surface area contributed by atoms with Crippen LogP contribution in [0.3, 0.4) is 0 Å². The van der Waals surface area contributed by atoms with E-state index in [9.17, 15) is 61.5 Å². The molecule has 1 fully saturated rings. The molecule has 160 valence electrons. The van der Waals surface area contributed by atoms with Gasteiger partial charge in [-0.15, -0.1) is 0 Å². The Kier molecular flexibility index (Phi) is 5.55. The molecular weight excluding hydrogens is 426 g/mol. The first-order valence-corrected chi connectivity index (χ1v) is 6.61. The summed E-state index contributed by atoms with van der Waals surface area (Å²) in [5.41, 5.74) is 0. The summed E-state index contributed by atoms with van der Waals surface area (Å²) < 4.78 is 184. The quantitative estimate of drug-likeness (QED) is 0.480. The zero-order valence-corrected chi connectivity index (χ0v) is 12.5. The van der Waals surface area contributed by atoms with E-state index in [0.717, 1.165) is 0 Å². The van der Waals surface area contributed by atoms with Gasteiger partial charge in [-0.3, -0.25) is 4.74 Å². The summed E-state index contributed by atoms with van der Waals surface area (Å²) in [7, 11) is 0. The third-order valence-electron chi connectivity index (χ3n) is 3.77. The molecule has 0 amide bonds. The molecule has 0 aromatic carbocycles. The molecule has 1 saturated carbocycles. The van der Waals surface area contributed by atoms with Crippen LogP contribution < -0.4 is 0 Å². The summed E-state index contributed by atoms with van der Waals surface area (Å²) in [5.74, 6) is -36.0. The van der Waals surface area contributed by atoms with Crippen molar-refractivity contribution in [3.63, 3.8) is 0 Å². The lowest BCUT2D eigenvalue weighted by Gasteiger charge is -2.40. The molecule has 0 N–H and O–H groups in total. The molecule has 0 aromatic heterocycles. The Morgan fingerprint density at radius 2 is 1.26 bits per heavy atom. The highest BCUT2D eigenvalue weighted by Gasteiger charge is 2.89. The highest BCUT2D eigenvalue weighted by Crippen LogP contribution is 2.61. The molecule has 1 aliphatic rings. The van der Waals surface area contributed by atoms with Crippen molar-refractivity contribution < 1.29 is 66.2 Å². The Morgan fingerprint density at radius 1 is 0.815 bits per heavy atom. The van der Waals surface area contributed by atoms with Gasteiger partial charge in [-0.2, -0.15) is 57.1 Å². The molecule has 0 aliphatic heterocycles. The summed E-state index contributed by atoms with van der Waals surface area (Å²) in [6.45, 7) is 2.82. The van der Waals surface area contributed by atoms with Gasteiger partial charge in [0.15, 0.2) is 0 Å².